The van der Waals surface area contributed by atoms with Gasteiger partial charge in [-0.1, -0.05) is 12.1 Å². The fourth-order valence-corrected chi connectivity index (χ4v) is 5.54. The number of carbonyl (C=O) groups is 1. The molecule has 8 nitrogen and oxygen atoms in total. The number of sulfonamides is 1. The molecule has 0 atom stereocenters. The summed E-state index contributed by atoms with van der Waals surface area (Å²) >= 11 is 0. The van der Waals surface area contributed by atoms with Gasteiger partial charge in [0, 0.05) is 38.3 Å². The first-order chi connectivity index (χ1) is 15.5. The Bertz CT molecular complexity index is 1040. The second-order valence-electron chi connectivity index (χ2n) is 8.01. The van der Waals surface area contributed by atoms with Gasteiger partial charge in [-0.15, -0.1) is 0 Å². The zero-order valence-corrected chi connectivity index (χ0v) is 19.1. The molecule has 9 heteroatoms. The van der Waals surface area contributed by atoms with Crippen LogP contribution in [0.3, 0.4) is 0 Å². The van der Waals surface area contributed by atoms with Crippen LogP contribution in [0.1, 0.15) is 28.8 Å². The predicted molar refractivity (Wildman–Crippen MR) is 121 cm³/mol. The van der Waals surface area contributed by atoms with Gasteiger partial charge in [-0.05, 0) is 48.7 Å². The summed E-state index contributed by atoms with van der Waals surface area (Å²) in [4.78, 5) is 15.3. The Kier molecular flexibility index (Phi) is 7.10. The van der Waals surface area contributed by atoms with Crippen LogP contribution in [0.4, 0.5) is 5.69 Å². The molecule has 1 N–H and O–H groups in total. The van der Waals surface area contributed by atoms with E-state index in [0.717, 1.165) is 51.3 Å². The Balaban J connectivity index is 1.48. The van der Waals surface area contributed by atoms with E-state index < -0.39 is 10.0 Å². The number of nitrogens with zero attached hydrogens (tertiary/aromatic N) is 2. The molecule has 2 saturated heterocycles. The molecule has 0 bridgehead atoms. The molecule has 2 aliphatic rings. The van der Waals surface area contributed by atoms with Gasteiger partial charge in [0.1, 0.15) is 5.75 Å². The number of methoxy groups -OCH3 is 1. The minimum atomic E-state index is -3.59. The third kappa shape index (κ3) is 5.12. The molecule has 2 aliphatic heterocycles. The minimum Gasteiger partial charge on any atom is -0.495 e. The molecule has 32 heavy (non-hydrogen) atoms. The summed E-state index contributed by atoms with van der Waals surface area (Å²) in [5, 5.41) is 2.81. The van der Waals surface area contributed by atoms with E-state index in [2.05, 4.69) is 10.2 Å². The molecule has 1 amide bonds. The van der Waals surface area contributed by atoms with Crippen LogP contribution < -0.4 is 10.1 Å². The molecule has 2 aromatic carbocycles. The monoisotopic (exact) mass is 459 g/mol. The first-order valence-corrected chi connectivity index (χ1v) is 12.3. The number of rotatable bonds is 7. The van der Waals surface area contributed by atoms with Gasteiger partial charge in [-0.3, -0.25) is 9.69 Å². The third-order valence-corrected chi connectivity index (χ3v) is 7.74. The van der Waals surface area contributed by atoms with E-state index in [9.17, 15) is 13.2 Å². The number of hydrogen-bond acceptors (Lipinski definition) is 6. The Hall–Kier alpha value is -2.46. The Morgan fingerprint density at radius 3 is 2.38 bits per heavy atom. The smallest absolute Gasteiger partial charge is 0.255 e. The highest BCUT2D eigenvalue weighted by molar-refractivity contribution is 7.89. The van der Waals surface area contributed by atoms with Crippen molar-refractivity contribution in [2.24, 2.45) is 0 Å². The number of carbonyl (C=O) groups excluding carboxylic acids is 1. The zero-order chi connectivity index (χ0) is 22.6. The molecule has 0 aromatic heterocycles. The van der Waals surface area contributed by atoms with Crippen LogP contribution in [0.5, 0.6) is 5.75 Å². The Morgan fingerprint density at radius 1 is 1.03 bits per heavy atom. The topological polar surface area (TPSA) is 88.2 Å². The molecule has 4 rings (SSSR count). The summed E-state index contributed by atoms with van der Waals surface area (Å²) in [6, 6.07) is 12.0. The van der Waals surface area contributed by atoms with Gasteiger partial charge in [0.2, 0.25) is 10.0 Å². The molecule has 2 fully saturated rings. The van der Waals surface area contributed by atoms with Crippen molar-refractivity contribution < 1.29 is 22.7 Å². The van der Waals surface area contributed by atoms with Crippen molar-refractivity contribution in [3.8, 4) is 5.75 Å². The summed E-state index contributed by atoms with van der Waals surface area (Å²) in [6.07, 6.45) is 1.72. The van der Waals surface area contributed by atoms with Crippen molar-refractivity contribution in [2.45, 2.75) is 24.3 Å². The normalized spacial score (nSPS) is 17.9. The van der Waals surface area contributed by atoms with E-state index in [1.54, 1.807) is 18.2 Å². The molecule has 2 aromatic rings. The van der Waals surface area contributed by atoms with Crippen molar-refractivity contribution in [2.75, 3.05) is 51.8 Å². The molecular weight excluding hydrogens is 430 g/mol. The number of morpholine rings is 1. The molecular formula is C23H29N3O5S. The quantitative estimate of drug-likeness (QED) is 0.685. The number of hydrogen-bond donors (Lipinski definition) is 1. The van der Waals surface area contributed by atoms with E-state index in [1.807, 2.05) is 12.1 Å². The van der Waals surface area contributed by atoms with Gasteiger partial charge in [0.15, 0.2) is 0 Å². The van der Waals surface area contributed by atoms with E-state index in [-0.39, 0.29) is 10.8 Å². The van der Waals surface area contributed by atoms with Gasteiger partial charge >= 0.3 is 0 Å². The summed E-state index contributed by atoms with van der Waals surface area (Å²) in [5.74, 6) is 0.0830. The van der Waals surface area contributed by atoms with Gasteiger partial charge < -0.3 is 14.8 Å². The predicted octanol–water partition coefficient (Wildman–Crippen LogP) is 2.56. The van der Waals surface area contributed by atoms with Crippen LogP contribution in [0.2, 0.25) is 0 Å². The summed E-state index contributed by atoms with van der Waals surface area (Å²) in [5.41, 5.74) is 1.94. The molecule has 0 spiro atoms. The maximum Gasteiger partial charge on any atom is 0.255 e. The molecule has 0 radical (unpaired) electrons. The number of ether oxygens (including phenoxy) is 2. The van der Waals surface area contributed by atoms with E-state index >= 15 is 0 Å². The lowest BCUT2D eigenvalue weighted by Gasteiger charge is -2.26. The van der Waals surface area contributed by atoms with Crippen molar-refractivity contribution in [3.63, 3.8) is 0 Å². The molecule has 2 heterocycles. The third-order valence-electron chi connectivity index (χ3n) is 5.85. The molecule has 0 saturated carbocycles. The first-order valence-electron chi connectivity index (χ1n) is 10.9. The van der Waals surface area contributed by atoms with Crippen LogP contribution in [0, 0.1) is 0 Å². The zero-order valence-electron chi connectivity index (χ0n) is 18.2. The minimum absolute atomic E-state index is 0.149. The number of benzene rings is 2. The van der Waals surface area contributed by atoms with Crippen LogP contribution in [0.15, 0.2) is 47.4 Å². The largest absolute Gasteiger partial charge is 0.495 e. The molecule has 0 aliphatic carbocycles. The second kappa shape index (κ2) is 9.99. The van der Waals surface area contributed by atoms with Gasteiger partial charge in [0.25, 0.3) is 5.91 Å². The summed E-state index contributed by atoms with van der Waals surface area (Å²) < 4.78 is 38.0. The number of nitrogens with one attached hydrogen (secondary N) is 1. The van der Waals surface area contributed by atoms with E-state index in [4.69, 9.17) is 9.47 Å². The maximum absolute atomic E-state index is 12.9. The van der Waals surface area contributed by atoms with Crippen LogP contribution in [-0.4, -0.2) is 70.0 Å². The highest BCUT2D eigenvalue weighted by Gasteiger charge is 2.28. The first kappa shape index (κ1) is 22.7. The van der Waals surface area contributed by atoms with Crippen molar-refractivity contribution >= 4 is 21.6 Å². The Labute approximate surface area is 189 Å². The molecule has 0 unspecified atom stereocenters. The van der Waals surface area contributed by atoms with Crippen LogP contribution >= 0.6 is 0 Å². The number of amides is 1. The Morgan fingerprint density at radius 2 is 1.72 bits per heavy atom. The lowest BCUT2D eigenvalue weighted by Crippen LogP contribution is -2.35. The average Bonchev–Trinajstić information content (AvgIpc) is 3.36. The lowest BCUT2D eigenvalue weighted by molar-refractivity contribution is 0.0342. The average molecular weight is 460 g/mol. The SMILES string of the molecule is COc1ccc(S(=O)(=O)N2CCCC2)cc1NC(=O)c1ccc(CN2CCOCC2)cc1. The standard InChI is InChI=1S/C23H29N3O5S/c1-30-22-9-8-20(32(28,29)26-10-2-3-11-26)16-21(22)24-23(27)19-6-4-18(5-7-19)17-25-12-14-31-15-13-25/h4-9,16H,2-3,10-15,17H2,1H3,(H,24,27). The highest BCUT2D eigenvalue weighted by Crippen LogP contribution is 2.30. The number of anilines is 1. The van der Waals surface area contributed by atoms with Gasteiger partial charge in [-0.2, -0.15) is 4.31 Å². The van der Waals surface area contributed by atoms with E-state index in [0.29, 0.717) is 30.1 Å². The maximum atomic E-state index is 12.9. The summed E-state index contributed by atoms with van der Waals surface area (Å²) in [6.45, 7) is 5.15. The fraction of sp³-hybridized carbons (Fsp3) is 0.435. The molecule has 172 valence electrons. The van der Waals surface area contributed by atoms with Gasteiger partial charge in [0.05, 0.1) is 30.9 Å². The highest BCUT2D eigenvalue weighted by atomic mass is 32.2. The van der Waals surface area contributed by atoms with E-state index in [1.165, 1.54) is 23.5 Å². The summed E-state index contributed by atoms with van der Waals surface area (Å²) in [7, 11) is -2.11. The van der Waals surface area contributed by atoms with Crippen molar-refractivity contribution in [1.29, 1.82) is 0 Å². The van der Waals surface area contributed by atoms with Gasteiger partial charge in [-0.25, -0.2) is 8.42 Å². The van der Waals surface area contributed by atoms with Crippen LogP contribution in [0.25, 0.3) is 0 Å². The van der Waals surface area contributed by atoms with Crippen molar-refractivity contribution in [1.82, 2.24) is 9.21 Å². The lowest BCUT2D eigenvalue weighted by atomic mass is 10.1. The van der Waals surface area contributed by atoms with Crippen molar-refractivity contribution in [3.05, 3.63) is 53.6 Å². The van der Waals surface area contributed by atoms with Crippen LogP contribution in [-0.2, 0) is 21.3 Å². The fourth-order valence-electron chi connectivity index (χ4n) is 4.00. The second-order valence-corrected chi connectivity index (χ2v) is 9.95.